The van der Waals surface area contributed by atoms with Gasteiger partial charge in [0.05, 0.1) is 6.04 Å². The lowest BCUT2D eigenvalue weighted by Crippen LogP contribution is -2.26. The fourth-order valence-electron chi connectivity index (χ4n) is 4.17. The van der Waals surface area contributed by atoms with E-state index >= 15 is 0 Å². The number of carbonyl (C=O) groups excluding carboxylic acids is 1. The third kappa shape index (κ3) is 3.22. The van der Waals surface area contributed by atoms with E-state index in [2.05, 4.69) is 80.2 Å². The Morgan fingerprint density at radius 1 is 0.926 bits per heavy atom. The van der Waals surface area contributed by atoms with Gasteiger partial charge in [0.25, 0.3) is 0 Å². The molecule has 0 aromatic heterocycles. The van der Waals surface area contributed by atoms with Gasteiger partial charge in [-0.25, -0.2) is 0 Å². The number of carbonyl (C=O) groups is 1. The minimum atomic E-state index is -0.489. The van der Waals surface area contributed by atoms with E-state index in [1.54, 1.807) is 0 Å². The van der Waals surface area contributed by atoms with Gasteiger partial charge in [-0.1, -0.05) is 60.7 Å². The summed E-state index contributed by atoms with van der Waals surface area (Å²) in [7, 11) is 0. The van der Waals surface area contributed by atoms with Crippen LogP contribution in [0.25, 0.3) is 32.3 Å². The number of hydrogen-bond donors (Lipinski definition) is 2. The molecule has 0 heterocycles. The largest absolute Gasteiger partial charge is 0.321 e. The third-order valence-corrected chi connectivity index (χ3v) is 5.88. The average molecular weight is 374 g/mol. The minimum absolute atomic E-state index is 0.236. The molecule has 0 aliphatic heterocycles. The normalized spacial score (nSPS) is 12.7. The van der Waals surface area contributed by atoms with Crippen LogP contribution in [0.4, 0.5) is 0 Å². The van der Waals surface area contributed by atoms with Crippen molar-refractivity contribution in [2.45, 2.75) is 32.2 Å². The topological polar surface area (TPSA) is 43.1 Å². The molecular formula is C24H23NOS. The summed E-state index contributed by atoms with van der Waals surface area (Å²) in [4.78, 5) is 11.3. The van der Waals surface area contributed by atoms with Gasteiger partial charge in [-0.2, -0.15) is 0 Å². The van der Waals surface area contributed by atoms with Crippen molar-refractivity contribution in [3.8, 4) is 0 Å². The molecule has 0 fully saturated rings. The number of nitrogens with two attached hydrogens (primary N) is 1. The molecule has 4 rings (SSSR count). The highest BCUT2D eigenvalue weighted by atomic mass is 32.1. The maximum absolute atomic E-state index is 11.3. The summed E-state index contributed by atoms with van der Waals surface area (Å²) in [6.45, 7) is 2.22. The summed E-state index contributed by atoms with van der Waals surface area (Å²) in [5, 5.41) is 7.54. The first-order chi connectivity index (χ1) is 13.1. The van der Waals surface area contributed by atoms with Gasteiger partial charge in [-0.3, -0.25) is 4.79 Å². The molecule has 0 saturated heterocycles. The molecule has 2 nitrogen and oxygen atoms in total. The Kier molecular flexibility index (Phi) is 4.90. The van der Waals surface area contributed by atoms with Crippen LogP contribution in [0.5, 0.6) is 0 Å². The molecular weight excluding hydrogens is 350 g/mol. The molecule has 0 saturated carbocycles. The first kappa shape index (κ1) is 18.0. The van der Waals surface area contributed by atoms with Gasteiger partial charge in [0.2, 0.25) is 5.12 Å². The van der Waals surface area contributed by atoms with Gasteiger partial charge in [-0.05, 0) is 69.6 Å². The van der Waals surface area contributed by atoms with Gasteiger partial charge >= 0.3 is 0 Å². The van der Waals surface area contributed by atoms with E-state index in [1.165, 1.54) is 43.4 Å². The summed E-state index contributed by atoms with van der Waals surface area (Å²) in [6, 6.07) is 21.1. The lowest BCUT2D eigenvalue weighted by Gasteiger charge is -2.17. The molecule has 4 aromatic carbocycles. The zero-order valence-corrected chi connectivity index (χ0v) is 16.3. The predicted octanol–water partition coefficient (Wildman–Crippen LogP) is 5.56. The van der Waals surface area contributed by atoms with E-state index in [0.29, 0.717) is 6.42 Å². The highest BCUT2D eigenvalue weighted by molar-refractivity contribution is 7.96. The molecule has 0 amide bonds. The van der Waals surface area contributed by atoms with Crippen LogP contribution >= 0.6 is 12.6 Å². The molecule has 3 heteroatoms. The minimum Gasteiger partial charge on any atom is -0.321 e. The quantitative estimate of drug-likeness (QED) is 0.273. The van der Waals surface area contributed by atoms with E-state index in [-0.39, 0.29) is 5.12 Å². The van der Waals surface area contributed by atoms with Gasteiger partial charge < -0.3 is 5.73 Å². The fourth-order valence-corrected chi connectivity index (χ4v) is 4.30. The average Bonchev–Trinajstić information content (AvgIpc) is 2.69. The monoisotopic (exact) mass is 373 g/mol. The molecule has 0 radical (unpaired) electrons. The molecule has 0 aliphatic carbocycles. The first-order valence-corrected chi connectivity index (χ1v) is 9.82. The van der Waals surface area contributed by atoms with Crippen molar-refractivity contribution < 1.29 is 4.79 Å². The Balaban J connectivity index is 1.93. The van der Waals surface area contributed by atoms with Crippen molar-refractivity contribution in [1.29, 1.82) is 0 Å². The van der Waals surface area contributed by atoms with Crippen LogP contribution in [-0.4, -0.2) is 11.2 Å². The van der Waals surface area contributed by atoms with Crippen molar-refractivity contribution in [1.82, 2.24) is 0 Å². The number of rotatable bonds is 5. The van der Waals surface area contributed by atoms with Crippen molar-refractivity contribution in [3.63, 3.8) is 0 Å². The Morgan fingerprint density at radius 3 is 2.33 bits per heavy atom. The van der Waals surface area contributed by atoms with Gasteiger partial charge in [0.1, 0.15) is 0 Å². The molecule has 136 valence electrons. The zero-order chi connectivity index (χ0) is 19.0. The van der Waals surface area contributed by atoms with Gasteiger partial charge in [0, 0.05) is 0 Å². The Morgan fingerprint density at radius 2 is 1.59 bits per heavy atom. The van der Waals surface area contributed by atoms with Crippen molar-refractivity contribution >= 4 is 50.1 Å². The Hall–Kier alpha value is -2.36. The molecule has 0 aliphatic rings. The SMILES string of the molecule is Cc1c2ccccc2c(CCCC(N)C(=O)S)c2ccc3ccccc3c12. The summed E-state index contributed by atoms with van der Waals surface area (Å²) < 4.78 is 0. The highest BCUT2D eigenvalue weighted by Gasteiger charge is 2.15. The molecule has 1 unspecified atom stereocenters. The summed E-state index contributed by atoms with van der Waals surface area (Å²) >= 11 is 3.86. The molecule has 27 heavy (non-hydrogen) atoms. The summed E-state index contributed by atoms with van der Waals surface area (Å²) in [5.74, 6) is 0. The Labute approximate surface area is 164 Å². The van der Waals surface area contributed by atoms with E-state index in [4.69, 9.17) is 5.73 Å². The standard InChI is InChI=1S/C24H23NOS/c1-15-17-8-4-5-10-19(17)20(11-6-12-22(25)24(26)27)21-14-13-16-7-2-3-9-18(16)23(15)21/h2-5,7-10,13-14,22H,6,11-12,25H2,1H3,(H,26,27). The lowest BCUT2D eigenvalue weighted by atomic mass is 9.87. The lowest BCUT2D eigenvalue weighted by molar-refractivity contribution is -0.112. The van der Waals surface area contributed by atoms with Gasteiger partial charge in [-0.15, -0.1) is 12.6 Å². The fraction of sp³-hybridized carbons (Fsp3) is 0.208. The number of fused-ring (bicyclic) bond motifs is 4. The second-order valence-corrected chi connectivity index (χ2v) is 7.64. The van der Waals surface area contributed by atoms with Crippen LogP contribution < -0.4 is 5.73 Å². The van der Waals surface area contributed by atoms with Crippen LogP contribution in [0.15, 0.2) is 60.7 Å². The van der Waals surface area contributed by atoms with Crippen molar-refractivity contribution in [2.24, 2.45) is 5.73 Å². The zero-order valence-electron chi connectivity index (χ0n) is 15.4. The van der Waals surface area contributed by atoms with E-state index in [0.717, 1.165) is 12.8 Å². The maximum atomic E-state index is 11.3. The Bertz CT molecular complexity index is 1170. The molecule has 4 aromatic rings. The van der Waals surface area contributed by atoms with Crippen LogP contribution in [0, 0.1) is 6.92 Å². The third-order valence-electron chi connectivity index (χ3n) is 5.54. The second kappa shape index (κ2) is 7.34. The maximum Gasteiger partial charge on any atom is 0.202 e. The van der Waals surface area contributed by atoms with E-state index in [9.17, 15) is 4.79 Å². The molecule has 2 N–H and O–H groups in total. The van der Waals surface area contributed by atoms with Crippen LogP contribution in [0.2, 0.25) is 0 Å². The number of thiol groups is 1. The second-order valence-electron chi connectivity index (χ2n) is 7.20. The number of hydrogen-bond acceptors (Lipinski definition) is 2. The van der Waals surface area contributed by atoms with Crippen LogP contribution in [0.3, 0.4) is 0 Å². The van der Waals surface area contributed by atoms with E-state index < -0.39 is 6.04 Å². The number of aryl methyl sites for hydroxylation is 2. The first-order valence-electron chi connectivity index (χ1n) is 9.38. The van der Waals surface area contributed by atoms with Gasteiger partial charge in [0.15, 0.2) is 0 Å². The molecule has 0 spiro atoms. The molecule has 1 atom stereocenters. The highest BCUT2D eigenvalue weighted by Crippen LogP contribution is 2.37. The van der Waals surface area contributed by atoms with E-state index in [1.807, 2.05) is 0 Å². The smallest absolute Gasteiger partial charge is 0.202 e. The summed E-state index contributed by atoms with van der Waals surface area (Å²) in [6.07, 6.45) is 2.41. The number of benzene rings is 4. The molecule has 0 bridgehead atoms. The van der Waals surface area contributed by atoms with Crippen LogP contribution in [0.1, 0.15) is 24.0 Å². The predicted molar refractivity (Wildman–Crippen MR) is 119 cm³/mol. The van der Waals surface area contributed by atoms with Crippen LogP contribution in [-0.2, 0) is 11.2 Å². The van der Waals surface area contributed by atoms with Crippen molar-refractivity contribution in [2.75, 3.05) is 0 Å². The summed E-state index contributed by atoms with van der Waals surface area (Å²) in [5.41, 5.74) is 8.54. The van der Waals surface area contributed by atoms with Crippen molar-refractivity contribution in [3.05, 3.63) is 71.8 Å².